The summed E-state index contributed by atoms with van der Waals surface area (Å²) in [6, 6.07) is 10.1. The van der Waals surface area contributed by atoms with E-state index in [0.717, 1.165) is 37.0 Å². The largest absolute Gasteiger partial charge is 0.511 e. The molecule has 4 N–H and O–H groups in total. The van der Waals surface area contributed by atoms with Crippen molar-refractivity contribution in [2.24, 2.45) is 20.0 Å². The maximum absolute atomic E-state index is 13.8. The summed E-state index contributed by atoms with van der Waals surface area (Å²) in [6.45, 7) is 9.34. The highest BCUT2D eigenvalue weighted by Gasteiger charge is 2.52. The second-order valence-corrected chi connectivity index (χ2v) is 42.8. The number of carbonyl (C=O) groups excluding carboxylic acids is 4. The zero-order valence-corrected chi connectivity index (χ0v) is 80.5. The molecule has 33 nitrogen and oxygen atoms in total. The number of nitrogens with zero attached hydrogens (tertiary/aromatic N) is 13. The number of nitrogens with one attached hydrogen (secondary N) is 4. The Bertz CT molecular complexity index is 6350. The van der Waals surface area contributed by atoms with E-state index in [0.29, 0.717) is 99.9 Å². The zero-order chi connectivity index (χ0) is 95.5. The lowest BCUT2D eigenvalue weighted by atomic mass is 9.94. The minimum atomic E-state index is -5.65. The summed E-state index contributed by atoms with van der Waals surface area (Å²) in [4.78, 5) is 91.2. The van der Waals surface area contributed by atoms with Gasteiger partial charge in [0.25, 0.3) is 0 Å². The molecule has 12 heterocycles. The van der Waals surface area contributed by atoms with Crippen LogP contribution in [0.4, 0.5) is 26.3 Å². The van der Waals surface area contributed by atoms with Crippen LogP contribution in [0.2, 0.25) is 25.1 Å². The van der Waals surface area contributed by atoms with Gasteiger partial charge in [-0.2, -0.15) is 13.2 Å². The summed E-state index contributed by atoms with van der Waals surface area (Å²) in [6.07, 6.45) is 8.19. The Morgan fingerprint density at radius 2 is 0.735 bits per heavy atom. The van der Waals surface area contributed by atoms with Crippen LogP contribution in [0.5, 0.6) is 0 Å². The average Bonchev–Trinajstić information content (AvgIpc) is 1.57. The van der Waals surface area contributed by atoms with Crippen LogP contribution in [0.1, 0.15) is 127 Å². The summed E-state index contributed by atoms with van der Waals surface area (Å²) in [5, 5.41) is 16.4. The Morgan fingerprint density at radius 3 is 0.992 bits per heavy atom. The Kier molecular flexibility index (Phi) is 31.5. The number of alkyl halides is 3. The Balaban J connectivity index is 0.000000150. The van der Waals surface area contributed by atoms with Crippen LogP contribution in [0, 0.1) is 17.5 Å². The summed E-state index contributed by atoms with van der Waals surface area (Å²) in [5.74, 6) is -2.48. The molecule has 52 heteroatoms. The van der Waals surface area contributed by atoms with Gasteiger partial charge in [-0.05, 0) is 83.1 Å². The van der Waals surface area contributed by atoms with Crippen molar-refractivity contribution in [1.82, 2.24) is 63.6 Å². The minimum Gasteiger partial charge on any atom is -0.463 e. The fourth-order valence-electron chi connectivity index (χ4n) is 15.6. The van der Waals surface area contributed by atoms with Crippen molar-refractivity contribution in [3.8, 4) is 0 Å². The molecule has 4 aromatic carbocycles. The molecule has 0 spiro atoms. The number of thiazole rings is 3. The summed E-state index contributed by atoms with van der Waals surface area (Å²) < 4.78 is 206. The molecule has 4 aromatic heterocycles. The van der Waals surface area contributed by atoms with Crippen LogP contribution in [0.25, 0.3) is 0 Å². The van der Waals surface area contributed by atoms with Crippen molar-refractivity contribution in [1.29, 1.82) is 0 Å². The Hall–Kier alpha value is -9.28. The van der Waals surface area contributed by atoms with Gasteiger partial charge < -0.3 is 38.5 Å². The highest BCUT2D eigenvalue weighted by molar-refractivity contribution is 7.90. The second-order valence-electron chi connectivity index (χ2n) is 30.2. The lowest BCUT2D eigenvalue weighted by molar-refractivity contribution is -0.143. The number of fused-ring (bicyclic) bond motifs is 4. The van der Waals surface area contributed by atoms with Crippen LogP contribution in [0.15, 0.2) is 178 Å². The molecule has 0 bridgehead atoms. The molecule has 0 saturated carbocycles. The fraction of sp³-hybridized carbons (Fsp3) is 0.362. The maximum Gasteiger partial charge on any atom is 0.511 e. The van der Waals surface area contributed by atoms with Gasteiger partial charge in [0.05, 0.1) is 67.0 Å². The van der Waals surface area contributed by atoms with Crippen molar-refractivity contribution >= 4 is 191 Å². The third kappa shape index (κ3) is 23.3. The molecular formula is C80H78Cl5F6N17O16S8. The van der Waals surface area contributed by atoms with Crippen molar-refractivity contribution in [3.63, 3.8) is 0 Å². The third-order valence-electron chi connectivity index (χ3n) is 20.3. The normalized spacial score (nSPS) is 20.8. The van der Waals surface area contributed by atoms with Gasteiger partial charge in [-0.1, -0.05) is 93.6 Å². The molecule has 0 unspecified atom stereocenters. The lowest BCUT2D eigenvalue weighted by Crippen LogP contribution is -2.44. The summed E-state index contributed by atoms with van der Waals surface area (Å²) in [5.41, 5.74) is 0.503. The van der Waals surface area contributed by atoms with E-state index in [9.17, 15) is 79.2 Å². The molecule has 4 saturated heterocycles. The summed E-state index contributed by atoms with van der Waals surface area (Å²) >= 11 is 36.7. The van der Waals surface area contributed by atoms with E-state index < -0.39 is 135 Å². The van der Waals surface area contributed by atoms with Crippen LogP contribution < -0.4 is 18.9 Å². The van der Waals surface area contributed by atoms with Gasteiger partial charge in [0, 0.05) is 181 Å². The first-order valence-corrected chi connectivity index (χ1v) is 52.2. The van der Waals surface area contributed by atoms with Crippen molar-refractivity contribution in [3.05, 3.63) is 243 Å². The van der Waals surface area contributed by atoms with Crippen molar-refractivity contribution < 1.29 is 98.1 Å². The summed E-state index contributed by atoms with van der Waals surface area (Å²) in [7, 11) is -16.1. The SMILES string of the molecule is CC(C)OC(=O)C1=C2C[C@H](NS(C)(=O)=O)CN2C(c2nccs2)=N[C@H]1c1ccc(F)cc1Cl.CCOC(=O)C1=C2C[C@H](NS(=O)(=O)C(F)(F)F)CN2C(c2nccs2)=N[C@H]1c1ccc(F)cc1Cl.CCOC(=O)C1=C2C[C@H](NS(C)(=O)=O)CN2C(c2nccs2)=N[C@H]1c1ccc(Cl)cc1Cl.CCOC(=O)C1=C2C[C@H](NS(C)(=O)=O)CN2C(c2nncs2)=N[C@H]1c1ccc(F)cc1Cl. The number of halogens is 11. The average molecular weight is 2080 g/mol. The molecule has 0 aliphatic carbocycles. The van der Waals surface area contributed by atoms with Gasteiger partial charge in [-0.15, -0.1) is 44.2 Å². The maximum atomic E-state index is 13.8. The molecule has 8 aliphatic rings. The van der Waals surface area contributed by atoms with Crippen molar-refractivity contribution in [2.45, 2.75) is 120 Å². The molecule has 8 atom stereocenters. The highest BCUT2D eigenvalue weighted by Crippen LogP contribution is 2.49. The van der Waals surface area contributed by atoms with Gasteiger partial charge in [0.1, 0.15) is 47.1 Å². The lowest BCUT2D eigenvalue weighted by Gasteiger charge is -2.32. The van der Waals surface area contributed by atoms with E-state index in [1.165, 1.54) is 92.8 Å². The van der Waals surface area contributed by atoms with Crippen LogP contribution in [-0.4, -0.2) is 226 Å². The number of benzene rings is 4. The number of hydrogen-bond acceptors (Lipinski definition) is 33. The van der Waals surface area contributed by atoms with E-state index in [1.54, 1.807) is 96.0 Å². The van der Waals surface area contributed by atoms with Gasteiger partial charge in [0.2, 0.25) is 30.1 Å². The molecule has 0 amide bonds. The van der Waals surface area contributed by atoms with E-state index in [2.05, 4.69) is 44.3 Å². The fourth-order valence-corrected chi connectivity index (χ4v) is 22.4. The van der Waals surface area contributed by atoms with Gasteiger partial charge in [-0.25, -0.2) is 99.9 Å². The number of sulfonamides is 4. The molecule has 704 valence electrons. The molecule has 8 aliphatic heterocycles. The zero-order valence-electron chi connectivity index (χ0n) is 70.2. The number of aliphatic imine (C=N–C) groups is 4. The first-order chi connectivity index (χ1) is 62.3. The topological polar surface area (TPSA) is 417 Å². The van der Waals surface area contributed by atoms with E-state index in [4.69, 9.17) is 91.9 Å². The number of aromatic nitrogens is 5. The van der Waals surface area contributed by atoms with Gasteiger partial charge in [-0.3, -0.25) is 20.0 Å². The molecule has 4 fully saturated rings. The van der Waals surface area contributed by atoms with E-state index in [1.807, 2.05) is 10.3 Å². The number of carbonyl (C=O) groups is 4. The first-order valence-electron chi connectivity index (χ1n) is 39.6. The number of hydrogen-bond donors (Lipinski definition) is 4. The van der Waals surface area contributed by atoms with Gasteiger partial charge in [0.15, 0.2) is 43.4 Å². The predicted molar refractivity (Wildman–Crippen MR) is 486 cm³/mol. The Labute approximate surface area is 794 Å². The number of ether oxygens (including phenoxy) is 4. The molecule has 8 aromatic rings. The van der Waals surface area contributed by atoms with Crippen LogP contribution >= 0.6 is 103 Å². The smallest absolute Gasteiger partial charge is 0.463 e. The van der Waals surface area contributed by atoms with Crippen molar-refractivity contribution in [2.75, 3.05) is 64.8 Å². The predicted octanol–water partition coefficient (Wildman–Crippen LogP) is 12.7. The molecule has 16 rings (SSSR count). The third-order valence-corrected chi connectivity index (χ3v) is 28.4. The molecule has 132 heavy (non-hydrogen) atoms. The first kappa shape index (κ1) is 100. The number of esters is 4. The van der Waals surface area contributed by atoms with E-state index >= 15 is 0 Å². The minimum absolute atomic E-state index is 0.00728. The number of rotatable bonds is 24. The van der Waals surface area contributed by atoms with E-state index in [-0.39, 0.29) is 114 Å². The highest BCUT2D eigenvalue weighted by atomic mass is 35.5. The standard InChI is InChI=1S/C21H22ClFN4O4S2.C20H20Cl2N4O4S2.C20H17ClF4N4O4S2.C19H19ClFN5O4S2/c1-11(2)31-21(28)17-16-9-13(26-33(3,29)30)10-27(16)19(20-24-6-7-32-20)25-18(17)14-5-4-12(23)8-15(14)22;1-3-30-20(27)16-15-9-12(25-32(2,28)29)10-26(15)18(19-23-6-7-31-19)24-17(16)13-5-4-11(21)8-14(13)22;1-2-33-19(30)15-14-8-11(28-35(31,32)20(23,24)25)9-29(14)17(18-26-5-6-34-18)27-16(15)12-4-3-10(22)7-13(12)21;1-3-30-19(27)15-14-7-11(25-32(2,28)29)8-26(14)17(18-24-22-9-31-18)23-16(15)12-5-4-10(21)6-13(12)20/h4-8,11,13,18,26H,9-10H2,1-3H3;4-8,12,17,25H,3,9-10H2,1-2H3;3-7,11,16,28H,2,8-9H2,1H3;4-6,9,11,16,25H,3,7-8H2,1-2H3/t13-,18-;12-,17-;2*11-,16-/m0000/s1. The van der Waals surface area contributed by atoms with Crippen LogP contribution in [-0.2, 0) is 78.2 Å². The number of amidine groups is 4. The quantitative estimate of drug-likeness (QED) is 0.0248. The van der Waals surface area contributed by atoms with Crippen LogP contribution in [0.3, 0.4) is 0 Å². The molecular weight excluding hydrogens is 2000 g/mol. The Morgan fingerprint density at radius 1 is 0.439 bits per heavy atom. The monoisotopic (exact) mass is 2080 g/mol. The second kappa shape index (κ2) is 41.5. The van der Waals surface area contributed by atoms with Gasteiger partial charge >= 0.3 is 39.4 Å². The molecule has 0 radical (unpaired) electrons.